The molecule has 9 nitrogen and oxygen atoms in total. The van der Waals surface area contributed by atoms with E-state index in [4.69, 9.17) is 4.74 Å². The number of carboxylic acid groups (broad SMARTS) is 1. The van der Waals surface area contributed by atoms with Crippen molar-refractivity contribution >= 4 is 23.6 Å². The number of ketones is 1. The molecule has 9 atom stereocenters. The number of Topliss-reactive ketones (excluding diaryl/α,β-unsaturated/α-hetero) is 1. The number of fused-ring (bicyclic) bond motifs is 7. The second-order valence-electron chi connectivity index (χ2n) is 23.0. The van der Waals surface area contributed by atoms with Crippen LogP contribution in [0.5, 0.6) is 0 Å². The maximum atomic E-state index is 14.4. The summed E-state index contributed by atoms with van der Waals surface area (Å²) < 4.78 is 6.26. The number of hydrogen-bond acceptors (Lipinski definition) is 7. The van der Waals surface area contributed by atoms with Crippen molar-refractivity contribution in [3.63, 3.8) is 0 Å². The van der Waals surface area contributed by atoms with Crippen LogP contribution in [0.2, 0.25) is 0 Å². The lowest BCUT2D eigenvalue weighted by molar-refractivity contribution is -0.272. The third-order valence-electron chi connectivity index (χ3n) is 19.1. The normalized spacial score (nSPS) is 38.1. The van der Waals surface area contributed by atoms with Gasteiger partial charge in [-0.1, -0.05) is 80.2 Å². The van der Waals surface area contributed by atoms with Crippen LogP contribution in [0.1, 0.15) is 166 Å². The minimum atomic E-state index is -1.19. The van der Waals surface area contributed by atoms with Crippen molar-refractivity contribution in [3.8, 4) is 0 Å². The number of ether oxygens (including phenoxy) is 1. The van der Waals surface area contributed by atoms with Gasteiger partial charge in [-0.05, 0) is 137 Å². The number of amides is 1. The van der Waals surface area contributed by atoms with Gasteiger partial charge in [-0.25, -0.2) is 0 Å². The van der Waals surface area contributed by atoms with Crippen LogP contribution in [-0.2, 0) is 23.9 Å². The second-order valence-corrected chi connectivity index (χ2v) is 23.0. The van der Waals surface area contributed by atoms with E-state index < -0.39 is 28.9 Å². The Morgan fingerprint density at radius 3 is 2.07 bits per heavy atom. The number of allylic oxidation sites excluding steroid dienone is 1. The Morgan fingerprint density at radius 2 is 1.47 bits per heavy atom. The fourth-order valence-corrected chi connectivity index (χ4v) is 14.7. The van der Waals surface area contributed by atoms with Gasteiger partial charge >= 0.3 is 11.9 Å². The third-order valence-corrected chi connectivity index (χ3v) is 19.1. The zero-order valence-electron chi connectivity index (χ0n) is 38.5. The van der Waals surface area contributed by atoms with Crippen LogP contribution in [0.4, 0.5) is 0 Å². The molecule has 0 aromatic carbocycles. The SMILES string of the molecule is CC(C)C1=C2C3CCC4C(C)(CCC5(C)C(C)(C)C(OC(=O)CC(C)(C)C(=O)O)CCC45C)C3(C)CCC2(C(O)CN(CCN(C)C)C(=O)C2CCCCC2)CC1=O. The zero-order chi connectivity index (χ0) is 43.0. The van der Waals surface area contributed by atoms with E-state index in [0.29, 0.717) is 18.9 Å². The smallest absolute Gasteiger partial charge is 0.309 e. The highest BCUT2D eigenvalue weighted by atomic mass is 16.5. The second kappa shape index (κ2) is 15.6. The van der Waals surface area contributed by atoms with Crippen LogP contribution in [0.25, 0.3) is 0 Å². The lowest BCUT2D eigenvalue weighted by Crippen LogP contribution is -2.69. The molecule has 0 spiro atoms. The number of hydrogen-bond donors (Lipinski definition) is 2. The van der Waals surface area contributed by atoms with E-state index in [1.807, 2.05) is 19.0 Å². The Kier molecular flexibility index (Phi) is 12.2. The van der Waals surface area contributed by atoms with Crippen LogP contribution >= 0.6 is 0 Å². The Morgan fingerprint density at radius 1 is 0.828 bits per heavy atom. The predicted octanol–water partition coefficient (Wildman–Crippen LogP) is 9.10. The summed E-state index contributed by atoms with van der Waals surface area (Å²) in [5, 5.41) is 22.4. The molecule has 0 bridgehead atoms. The number of esters is 1. The zero-order valence-corrected chi connectivity index (χ0v) is 38.5. The van der Waals surface area contributed by atoms with Crippen molar-refractivity contribution in [3.05, 3.63) is 11.1 Å². The van der Waals surface area contributed by atoms with E-state index >= 15 is 0 Å². The number of carbonyl (C=O) groups excluding carboxylic acids is 3. The molecule has 0 aromatic heterocycles. The number of rotatable bonds is 12. The number of aliphatic hydroxyl groups is 1. The number of aliphatic hydroxyl groups excluding tert-OH is 1. The third kappa shape index (κ3) is 6.94. The minimum Gasteiger partial charge on any atom is -0.481 e. The molecule has 2 N–H and O–H groups in total. The van der Waals surface area contributed by atoms with Gasteiger partial charge in [-0.15, -0.1) is 0 Å². The average Bonchev–Trinajstić information content (AvgIpc) is 3.46. The van der Waals surface area contributed by atoms with Gasteiger partial charge < -0.3 is 24.7 Å². The first-order valence-electron chi connectivity index (χ1n) is 23.2. The molecule has 5 fully saturated rings. The van der Waals surface area contributed by atoms with Gasteiger partial charge in [0.15, 0.2) is 5.78 Å². The maximum Gasteiger partial charge on any atom is 0.309 e. The van der Waals surface area contributed by atoms with Crippen LogP contribution < -0.4 is 0 Å². The molecule has 5 saturated carbocycles. The van der Waals surface area contributed by atoms with E-state index in [9.17, 15) is 29.4 Å². The first-order chi connectivity index (χ1) is 26.8. The molecule has 6 rings (SSSR count). The van der Waals surface area contributed by atoms with Crippen molar-refractivity contribution < 1.29 is 34.1 Å². The molecule has 0 aliphatic heterocycles. The molecule has 9 unspecified atom stereocenters. The van der Waals surface area contributed by atoms with Crippen molar-refractivity contribution in [1.82, 2.24) is 9.80 Å². The summed E-state index contributed by atoms with van der Waals surface area (Å²) in [6, 6.07) is 0. The molecule has 58 heavy (non-hydrogen) atoms. The largest absolute Gasteiger partial charge is 0.481 e. The number of nitrogens with zero attached hydrogens (tertiary/aromatic N) is 2. The van der Waals surface area contributed by atoms with Crippen LogP contribution in [0.15, 0.2) is 11.1 Å². The molecule has 6 aliphatic carbocycles. The van der Waals surface area contributed by atoms with Gasteiger partial charge in [0.2, 0.25) is 5.91 Å². The minimum absolute atomic E-state index is 0.0121. The molecular formula is C49H80N2O7. The highest BCUT2D eigenvalue weighted by Gasteiger charge is 2.73. The van der Waals surface area contributed by atoms with Crippen LogP contribution in [-0.4, -0.2) is 89.6 Å². The highest BCUT2D eigenvalue weighted by molar-refractivity contribution is 6.01. The quantitative estimate of drug-likeness (QED) is 0.187. The lowest BCUT2D eigenvalue weighted by Gasteiger charge is -2.75. The Bertz CT molecular complexity index is 1660. The monoisotopic (exact) mass is 809 g/mol. The average molecular weight is 809 g/mol. The van der Waals surface area contributed by atoms with Crippen molar-refractivity contribution in [2.24, 2.45) is 61.6 Å². The molecule has 0 saturated heterocycles. The van der Waals surface area contributed by atoms with Crippen LogP contribution in [0.3, 0.4) is 0 Å². The van der Waals surface area contributed by atoms with Gasteiger partial charge in [0.25, 0.3) is 0 Å². The summed E-state index contributed by atoms with van der Waals surface area (Å²) in [5.74, 6) is -0.365. The van der Waals surface area contributed by atoms with E-state index in [-0.39, 0.29) is 75.6 Å². The predicted molar refractivity (Wildman–Crippen MR) is 228 cm³/mol. The van der Waals surface area contributed by atoms with E-state index in [2.05, 4.69) is 60.3 Å². The first-order valence-corrected chi connectivity index (χ1v) is 23.2. The summed E-state index contributed by atoms with van der Waals surface area (Å²) in [4.78, 5) is 57.7. The van der Waals surface area contributed by atoms with Crippen molar-refractivity contribution in [2.45, 2.75) is 178 Å². The van der Waals surface area contributed by atoms with Gasteiger partial charge in [0.1, 0.15) is 6.10 Å². The summed E-state index contributed by atoms with van der Waals surface area (Å²) in [5.41, 5.74) is -0.213. The van der Waals surface area contributed by atoms with Gasteiger partial charge in [-0.3, -0.25) is 19.2 Å². The molecule has 0 radical (unpaired) electrons. The van der Waals surface area contributed by atoms with Gasteiger partial charge in [0.05, 0.1) is 17.9 Å². The fraction of sp³-hybridized carbons (Fsp3) is 0.878. The summed E-state index contributed by atoms with van der Waals surface area (Å²) in [6.45, 7) is 23.7. The van der Waals surface area contributed by atoms with E-state index in [0.717, 1.165) is 89.2 Å². The van der Waals surface area contributed by atoms with E-state index in [1.54, 1.807) is 13.8 Å². The molecule has 0 heterocycles. The summed E-state index contributed by atoms with van der Waals surface area (Å²) >= 11 is 0. The molecule has 6 aliphatic rings. The Balaban J connectivity index is 1.31. The lowest BCUT2D eigenvalue weighted by atomic mass is 9.29. The van der Waals surface area contributed by atoms with Gasteiger partial charge in [0, 0.05) is 42.8 Å². The molecular weight excluding hydrogens is 729 g/mol. The summed E-state index contributed by atoms with van der Waals surface area (Å²) in [7, 11) is 4.06. The highest BCUT2D eigenvalue weighted by Crippen LogP contribution is 2.79. The molecule has 328 valence electrons. The fourth-order valence-electron chi connectivity index (χ4n) is 14.7. The molecule has 0 aromatic rings. The first kappa shape index (κ1) is 45.3. The number of aliphatic carboxylic acids is 1. The maximum absolute atomic E-state index is 14.4. The van der Waals surface area contributed by atoms with Crippen LogP contribution in [0, 0.1) is 61.6 Å². The van der Waals surface area contributed by atoms with E-state index in [1.165, 1.54) is 12.0 Å². The van der Waals surface area contributed by atoms with Crippen molar-refractivity contribution in [2.75, 3.05) is 33.7 Å². The topological polar surface area (TPSA) is 124 Å². The van der Waals surface area contributed by atoms with Crippen molar-refractivity contribution in [1.29, 1.82) is 0 Å². The molecule has 9 heteroatoms. The standard InChI is InChI=1S/C49H80N2O7/c1-31(2)39-34(52)28-49(36(53)30-51(27-26-50(11)12)41(55)32-16-14-13-15-17-32)25-23-45(7)33(40(39)49)18-19-35-46(45,8)22-24-48(10)44(5,6)37(20-21-47(35,48)9)58-38(54)29-43(3,4)42(56)57/h31-33,35-37,53H,13-30H2,1-12H3,(H,56,57). The number of carbonyl (C=O) groups is 4. The number of likely N-dealkylation sites (N-methyl/N-ethyl adjacent to an activating group) is 1. The Hall–Kier alpha value is -2.26. The molecule has 1 amide bonds. The number of carboxylic acids is 1. The summed E-state index contributed by atoms with van der Waals surface area (Å²) in [6.07, 6.45) is 11.7. The Labute approximate surface area is 350 Å². The van der Waals surface area contributed by atoms with Gasteiger partial charge in [-0.2, -0.15) is 0 Å².